The Labute approximate surface area is 210 Å². The van der Waals surface area contributed by atoms with Crippen LogP contribution >= 0.6 is 0 Å². The van der Waals surface area contributed by atoms with Crippen molar-refractivity contribution in [2.45, 2.75) is 104 Å². The van der Waals surface area contributed by atoms with E-state index in [1.165, 1.54) is 18.4 Å². The monoisotopic (exact) mass is 475 g/mol. The Morgan fingerprint density at radius 1 is 1.06 bits per heavy atom. The van der Waals surface area contributed by atoms with Gasteiger partial charge in [0.05, 0.1) is 16.8 Å². The van der Waals surface area contributed by atoms with Gasteiger partial charge in [-0.1, -0.05) is 65.5 Å². The summed E-state index contributed by atoms with van der Waals surface area (Å²) in [7, 11) is 0. The molecule has 2 aliphatic rings. The molecule has 1 aliphatic heterocycles. The molecule has 35 heavy (non-hydrogen) atoms. The van der Waals surface area contributed by atoms with Gasteiger partial charge in [-0.05, 0) is 62.6 Å². The van der Waals surface area contributed by atoms with Crippen LogP contribution < -0.4 is 10.5 Å². The first-order valence-corrected chi connectivity index (χ1v) is 13.6. The third-order valence-corrected chi connectivity index (χ3v) is 8.01. The Morgan fingerprint density at radius 3 is 2.40 bits per heavy atom. The van der Waals surface area contributed by atoms with Gasteiger partial charge in [0, 0.05) is 29.1 Å². The van der Waals surface area contributed by atoms with E-state index in [1.54, 1.807) is 6.92 Å². The summed E-state index contributed by atoms with van der Waals surface area (Å²) >= 11 is 0. The van der Waals surface area contributed by atoms with E-state index >= 15 is 0 Å². The van der Waals surface area contributed by atoms with Crippen LogP contribution in [0.3, 0.4) is 0 Å². The maximum Gasteiger partial charge on any atom is 0.253 e. The number of nitrogens with one attached hydrogen (secondary N) is 1. The van der Waals surface area contributed by atoms with Crippen molar-refractivity contribution in [2.24, 2.45) is 10.9 Å². The molecule has 1 aromatic heterocycles. The molecule has 0 saturated heterocycles. The number of hydrogen-bond acceptors (Lipinski definition) is 3. The first kappa shape index (κ1) is 25.4. The van der Waals surface area contributed by atoms with Gasteiger partial charge in [0.1, 0.15) is 0 Å². The standard InChI is InChI=1S/C30H41N3O2/c1-6-10-21-16-23(17-21)33-27-18-22(26-19-25(31-15-9-4)20(5)28(34)32-26)11-12-24(27)30(13-7-2,14-8-3)29(33)35/h11-12,15,18-19,21,23H,6-10,13-14,16-17H2,1-5H3,(H,32,34). The van der Waals surface area contributed by atoms with E-state index in [0.29, 0.717) is 17.2 Å². The molecular formula is C30H41N3O2. The highest BCUT2D eigenvalue weighted by Crippen LogP contribution is 2.52. The van der Waals surface area contributed by atoms with Crippen LogP contribution in [0, 0.1) is 12.8 Å². The van der Waals surface area contributed by atoms with Crippen LogP contribution in [-0.2, 0) is 10.2 Å². The van der Waals surface area contributed by atoms with Crippen molar-refractivity contribution < 1.29 is 4.79 Å². The fraction of sp³-hybridized carbons (Fsp3) is 0.567. The lowest BCUT2D eigenvalue weighted by atomic mass is 9.73. The average molecular weight is 476 g/mol. The minimum absolute atomic E-state index is 0.119. The normalized spacial score (nSPS) is 20.9. The molecule has 1 amide bonds. The molecule has 0 bridgehead atoms. The number of pyridine rings is 1. The molecule has 1 fully saturated rings. The number of anilines is 1. The van der Waals surface area contributed by atoms with Crippen LogP contribution in [0.5, 0.6) is 0 Å². The number of carbonyl (C=O) groups is 1. The molecule has 1 aromatic carbocycles. The fourth-order valence-corrected chi connectivity index (χ4v) is 6.23. The molecule has 0 unspecified atom stereocenters. The Bertz CT molecular complexity index is 1150. The van der Waals surface area contributed by atoms with Crippen LogP contribution in [0.15, 0.2) is 34.1 Å². The molecule has 0 spiro atoms. The van der Waals surface area contributed by atoms with Gasteiger partial charge in [-0.15, -0.1) is 0 Å². The molecule has 2 aromatic rings. The predicted octanol–water partition coefficient (Wildman–Crippen LogP) is 7.23. The van der Waals surface area contributed by atoms with E-state index in [9.17, 15) is 9.59 Å². The lowest BCUT2D eigenvalue weighted by Gasteiger charge is -2.42. The Balaban J connectivity index is 1.81. The lowest BCUT2D eigenvalue weighted by Crippen LogP contribution is -2.50. The van der Waals surface area contributed by atoms with Gasteiger partial charge in [-0.25, -0.2) is 0 Å². The molecule has 0 radical (unpaired) electrons. The van der Waals surface area contributed by atoms with E-state index in [1.807, 2.05) is 19.2 Å². The number of aromatic nitrogens is 1. The van der Waals surface area contributed by atoms with Crippen LogP contribution in [0.2, 0.25) is 0 Å². The third kappa shape index (κ3) is 4.50. The zero-order chi connectivity index (χ0) is 25.2. The second-order valence-corrected chi connectivity index (χ2v) is 10.5. The molecule has 188 valence electrons. The summed E-state index contributed by atoms with van der Waals surface area (Å²) in [5.41, 5.74) is 4.68. The highest BCUT2D eigenvalue weighted by Gasteiger charge is 2.53. The number of amides is 1. The maximum absolute atomic E-state index is 14.1. The average Bonchev–Trinajstić information content (AvgIpc) is 3.04. The van der Waals surface area contributed by atoms with Crippen molar-refractivity contribution in [3.63, 3.8) is 0 Å². The highest BCUT2D eigenvalue weighted by atomic mass is 16.2. The van der Waals surface area contributed by atoms with Gasteiger partial charge in [0.25, 0.3) is 5.56 Å². The summed E-state index contributed by atoms with van der Waals surface area (Å²) < 4.78 is 0. The van der Waals surface area contributed by atoms with E-state index in [4.69, 9.17) is 0 Å². The van der Waals surface area contributed by atoms with Gasteiger partial charge in [0.2, 0.25) is 5.91 Å². The summed E-state index contributed by atoms with van der Waals surface area (Å²) in [6.45, 7) is 10.4. The molecule has 1 aliphatic carbocycles. The zero-order valence-electron chi connectivity index (χ0n) is 22.1. The summed E-state index contributed by atoms with van der Waals surface area (Å²) in [5.74, 6) is 1.02. The Kier molecular flexibility index (Phi) is 7.63. The van der Waals surface area contributed by atoms with Crippen molar-refractivity contribution in [3.05, 3.63) is 45.7 Å². The molecule has 1 saturated carbocycles. The molecule has 5 nitrogen and oxygen atoms in total. The molecule has 2 heterocycles. The smallest absolute Gasteiger partial charge is 0.253 e. The molecule has 0 atom stereocenters. The van der Waals surface area contributed by atoms with Crippen LogP contribution in [0.1, 0.15) is 96.6 Å². The number of H-pyrrole nitrogens is 1. The number of nitrogens with zero attached hydrogens (tertiary/aromatic N) is 2. The van der Waals surface area contributed by atoms with Crippen molar-refractivity contribution in [1.29, 1.82) is 0 Å². The zero-order valence-corrected chi connectivity index (χ0v) is 22.1. The Morgan fingerprint density at radius 2 is 1.77 bits per heavy atom. The SMILES string of the molecule is CCC=Nc1cc(-c2ccc3c(c2)N(C2CC(CCC)C2)C(=O)C3(CCC)CCC)[nH]c(=O)c1C. The largest absolute Gasteiger partial charge is 0.322 e. The number of aromatic amines is 1. The predicted molar refractivity (Wildman–Crippen MR) is 146 cm³/mol. The summed E-state index contributed by atoms with van der Waals surface area (Å²) in [6, 6.07) is 8.61. The van der Waals surface area contributed by atoms with Crippen molar-refractivity contribution in [2.75, 3.05) is 4.90 Å². The number of fused-ring (bicyclic) bond motifs is 1. The maximum atomic E-state index is 14.1. The molecule has 5 heteroatoms. The summed E-state index contributed by atoms with van der Waals surface area (Å²) in [6.07, 6.45) is 11.0. The summed E-state index contributed by atoms with van der Waals surface area (Å²) in [5, 5.41) is 0. The number of benzene rings is 1. The van der Waals surface area contributed by atoms with Crippen molar-refractivity contribution in [3.8, 4) is 11.3 Å². The molecule has 1 N–H and O–H groups in total. The highest BCUT2D eigenvalue weighted by molar-refractivity contribution is 6.09. The van der Waals surface area contributed by atoms with Gasteiger partial charge in [0.15, 0.2) is 0 Å². The fourth-order valence-electron chi connectivity index (χ4n) is 6.23. The third-order valence-electron chi connectivity index (χ3n) is 8.01. The number of hydrogen-bond donors (Lipinski definition) is 1. The van der Waals surface area contributed by atoms with Gasteiger partial charge in [-0.2, -0.15) is 0 Å². The minimum atomic E-state index is -0.426. The van der Waals surface area contributed by atoms with Crippen molar-refractivity contribution in [1.82, 2.24) is 4.98 Å². The van der Waals surface area contributed by atoms with E-state index in [-0.39, 0.29) is 11.6 Å². The van der Waals surface area contributed by atoms with E-state index in [2.05, 4.69) is 53.8 Å². The first-order chi connectivity index (χ1) is 16.9. The number of aliphatic imine (C=N–C) groups is 1. The van der Waals surface area contributed by atoms with E-state index < -0.39 is 5.41 Å². The van der Waals surface area contributed by atoms with Gasteiger partial charge >= 0.3 is 0 Å². The summed E-state index contributed by atoms with van der Waals surface area (Å²) in [4.78, 5) is 36.5. The first-order valence-electron chi connectivity index (χ1n) is 13.6. The van der Waals surface area contributed by atoms with Crippen LogP contribution in [0.25, 0.3) is 11.3 Å². The quantitative estimate of drug-likeness (QED) is 0.368. The molecular weight excluding hydrogens is 434 g/mol. The Hall–Kier alpha value is -2.69. The second-order valence-electron chi connectivity index (χ2n) is 10.5. The van der Waals surface area contributed by atoms with Crippen LogP contribution in [0.4, 0.5) is 11.4 Å². The number of rotatable bonds is 10. The van der Waals surface area contributed by atoms with Crippen molar-refractivity contribution >= 4 is 23.5 Å². The molecule has 4 rings (SSSR count). The number of carbonyl (C=O) groups excluding carboxylic acids is 1. The van der Waals surface area contributed by atoms with Crippen LogP contribution in [-0.4, -0.2) is 23.1 Å². The minimum Gasteiger partial charge on any atom is -0.322 e. The van der Waals surface area contributed by atoms with E-state index in [0.717, 1.165) is 67.8 Å². The van der Waals surface area contributed by atoms with Gasteiger partial charge < -0.3 is 9.88 Å². The second kappa shape index (κ2) is 10.5. The lowest BCUT2D eigenvalue weighted by molar-refractivity contribution is -0.124. The topological polar surface area (TPSA) is 65.5 Å². The van der Waals surface area contributed by atoms with Gasteiger partial charge in [-0.3, -0.25) is 14.6 Å².